The number of benzene rings is 1. The maximum Gasteiger partial charge on any atom is 0.245 e. The normalized spacial score (nSPS) is 17.2. The standard InChI is InChI=1S/C16H27N3O2S/c1-4-19(5-2)22(20,21)16-12-14(17)6-7-15(16)18-10-8-13(3)9-11-18/h6-7,12-13H,4-5,8-11,17H2,1-3H3. The first-order valence-electron chi connectivity index (χ1n) is 8.04. The van der Waals surface area contributed by atoms with E-state index in [2.05, 4.69) is 11.8 Å². The highest BCUT2D eigenvalue weighted by molar-refractivity contribution is 7.89. The molecule has 1 heterocycles. The van der Waals surface area contributed by atoms with Gasteiger partial charge in [-0.2, -0.15) is 4.31 Å². The van der Waals surface area contributed by atoms with E-state index in [1.165, 1.54) is 4.31 Å². The second kappa shape index (κ2) is 6.87. The van der Waals surface area contributed by atoms with Gasteiger partial charge in [-0.1, -0.05) is 20.8 Å². The molecule has 0 unspecified atom stereocenters. The van der Waals surface area contributed by atoms with Crippen LogP contribution in [0.4, 0.5) is 11.4 Å². The Bertz CT molecular complexity index is 604. The minimum Gasteiger partial charge on any atom is -0.399 e. The van der Waals surface area contributed by atoms with Crippen molar-refractivity contribution < 1.29 is 8.42 Å². The lowest BCUT2D eigenvalue weighted by Gasteiger charge is -2.34. The monoisotopic (exact) mass is 325 g/mol. The zero-order valence-corrected chi connectivity index (χ0v) is 14.6. The highest BCUT2D eigenvalue weighted by atomic mass is 32.2. The van der Waals surface area contributed by atoms with Crippen molar-refractivity contribution >= 4 is 21.4 Å². The fourth-order valence-corrected chi connectivity index (χ4v) is 4.66. The molecule has 1 saturated heterocycles. The van der Waals surface area contributed by atoms with Crippen LogP contribution in [0.25, 0.3) is 0 Å². The van der Waals surface area contributed by atoms with Crippen LogP contribution in [-0.4, -0.2) is 38.9 Å². The largest absolute Gasteiger partial charge is 0.399 e. The summed E-state index contributed by atoms with van der Waals surface area (Å²) in [7, 11) is -3.51. The number of rotatable bonds is 5. The lowest BCUT2D eigenvalue weighted by Crippen LogP contribution is -2.36. The number of anilines is 2. The predicted molar refractivity (Wildman–Crippen MR) is 91.6 cm³/mol. The van der Waals surface area contributed by atoms with Crippen LogP contribution in [0.2, 0.25) is 0 Å². The summed E-state index contributed by atoms with van der Waals surface area (Å²) >= 11 is 0. The number of piperidine rings is 1. The van der Waals surface area contributed by atoms with Gasteiger partial charge >= 0.3 is 0 Å². The molecule has 0 aromatic heterocycles. The van der Waals surface area contributed by atoms with E-state index in [4.69, 9.17) is 5.73 Å². The highest BCUT2D eigenvalue weighted by Gasteiger charge is 2.28. The molecule has 2 rings (SSSR count). The predicted octanol–water partition coefficient (Wildman–Crippen LogP) is 2.54. The molecule has 1 fully saturated rings. The smallest absolute Gasteiger partial charge is 0.245 e. The van der Waals surface area contributed by atoms with E-state index in [-0.39, 0.29) is 0 Å². The molecule has 0 amide bonds. The highest BCUT2D eigenvalue weighted by Crippen LogP contribution is 2.32. The average molecular weight is 325 g/mol. The molecular weight excluding hydrogens is 298 g/mol. The first-order valence-corrected chi connectivity index (χ1v) is 9.48. The molecule has 1 aliphatic heterocycles. The third-order valence-corrected chi connectivity index (χ3v) is 6.51. The lowest BCUT2D eigenvalue weighted by molar-refractivity contribution is 0.433. The summed E-state index contributed by atoms with van der Waals surface area (Å²) < 4.78 is 27.3. The number of nitrogens with two attached hydrogens (primary N) is 1. The number of hydrogen-bond donors (Lipinski definition) is 1. The first-order chi connectivity index (χ1) is 10.4. The molecule has 0 atom stereocenters. The van der Waals surface area contributed by atoms with E-state index < -0.39 is 10.0 Å². The van der Waals surface area contributed by atoms with Crippen LogP contribution < -0.4 is 10.6 Å². The molecule has 0 spiro atoms. The van der Waals surface area contributed by atoms with E-state index in [9.17, 15) is 8.42 Å². The van der Waals surface area contributed by atoms with Crippen LogP contribution >= 0.6 is 0 Å². The van der Waals surface area contributed by atoms with Crippen molar-refractivity contribution in [1.82, 2.24) is 4.31 Å². The second-order valence-corrected chi connectivity index (χ2v) is 7.89. The minimum absolute atomic E-state index is 0.339. The van der Waals surface area contributed by atoms with Crippen molar-refractivity contribution in [3.8, 4) is 0 Å². The zero-order chi connectivity index (χ0) is 16.3. The number of hydrogen-bond acceptors (Lipinski definition) is 4. The summed E-state index contributed by atoms with van der Waals surface area (Å²) in [4.78, 5) is 2.52. The van der Waals surface area contributed by atoms with Gasteiger partial charge in [0, 0.05) is 31.9 Å². The van der Waals surface area contributed by atoms with Crippen LogP contribution in [0.5, 0.6) is 0 Å². The van der Waals surface area contributed by atoms with Crippen LogP contribution in [0, 0.1) is 5.92 Å². The van der Waals surface area contributed by atoms with Crippen LogP contribution in [0.15, 0.2) is 23.1 Å². The van der Waals surface area contributed by atoms with E-state index in [1.807, 2.05) is 19.9 Å². The SMILES string of the molecule is CCN(CC)S(=O)(=O)c1cc(N)ccc1N1CCC(C)CC1. The van der Waals surface area contributed by atoms with E-state index in [0.717, 1.165) is 31.6 Å². The molecule has 5 nitrogen and oxygen atoms in total. The maximum atomic E-state index is 12.9. The molecule has 0 bridgehead atoms. The summed E-state index contributed by atoms with van der Waals surface area (Å²) in [6.45, 7) is 8.67. The van der Waals surface area contributed by atoms with Gasteiger partial charge in [0.2, 0.25) is 10.0 Å². The average Bonchev–Trinajstić information content (AvgIpc) is 2.49. The lowest BCUT2D eigenvalue weighted by atomic mass is 9.99. The van der Waals surface area contributed by atoms with Crippen molar-refractivity contribution in [2.45, 2.75) is 38.5 Å². The van der Waals surface area contributed by atoms with Gasteiger partial charge < -0.3 is 10.6 Å². The number of nitrogens with zero attached hydrogens (tertiary/aromatic N) is 2. The second-order valence-electron chi connectivity index (χ2n) is 5.99. The Balaban J connectivity index is 2.44. The molecule has 0 radical (unpaired) electrons. The Morgan fingerprint density at radius 2 is 1.82 bits per heavy atom. The molecule has 0 saturated carbocycles. The summed E-state index contributed by atoms with van der Waals surface area (Å²) in [5.41, 5.74) is 7.13. The third-order valence-electron chi connectivity index (χ3n) is 4.43. The molecule has 1 aliphatic rings. The van der Waals surface area contributed by atoms with E-state index in [1.54, 1.807) is 12.1 Å². The third kappa shape index (κ3) is 3.38. The Morgan fingerprint density at radius 1 is 1.23 bits per heavy atom. The van der Waals surface area contributed by atoms with Crippen molar-refractivity contribution in [3.05, 3.63) is 18.2 Å². The summed E-state index contributed by atoms with van der Waals surface area (Å²) in [6.07, 6.45) is 2.18. The molecular formula is C16H27N3O2S. The Hall–Kier alpha value is -1.27. The topological polar surface area (TPSA) is 66.6 Å². The van der Waals surface area contributed by atoms with Gasteiger partial charge in [0.25, 0.3) is 0 Å². The minimum atomic E-state index is -3.51. The zero-order valence-electron chi connectivity index (χ0n) is 13.7. The molecule has 6 heteroatoms. The van der Waals surface area contributed by atoms with Gasteiger partial charge in [0.15, 0.2) is 0 Å². The van der Waals surface area contributed by atoms with E-state index >= 15 is 0 Å². The molecule has 0 aliphatic carbocycles. The maximum absolute atomic E-state index is 12.9. The van der Waals surface area contributed by atoms with Crippen molar-refractivity contribution in [3.63, 3.8) is 0 Å². The molecule has 124 valence electrons. The fourth-order valence-electron chi connectivity index (χ4n) is 2.95. The van der Waals surface area contributed by atoms with Gasteiger partial charge in [-0.15, -0.1) is 0 Å². The fraction of sp³-hybridized carbons (Fsp3) is 0.625. The first kappa shape index (κ1) is 17.1. The van der Waals surface area contributed by atoms with Gasteiger partial charge in [-0.3, -0.25) is 0 Å². The summed E-state index contributed by atoms with van der Waals surface area (Å²) in [5, 5.41) is 0. The van der Waals surface area contributed by atoms with Gasteiger partial charge in [0.1, 0.15) is 4.90 Å². The number of nitrogen functional groups attached to an aromatic ring is 1. The van der Waals surface area contributed by atoms with Gasteiger partial charge in [-0.25, -0.2) is 8.42 Å². The van der Waals surface area contributed by atoms with Crippen molar-refractivity contribution in [1.29, 1.82) is 0 Å². The molecule has 1 aromatic carbocycles. The van der Waals surface area contributed by atoms with Gasteiger partial charge in [0.05, 0.1) is 5.69 Å². The summed E-state index contributed by atoms with van der Waals surface area (Å²) in [6, 6.07) is 5.23. The quantitative estimate of drug-likeness (QED) is 0.845. The Morgan fingerprint density at radius 3 is 2.36 bits per heavy atom. The Labute approximate surface area is 134 Å². The summed E-state index contributed by atoms with van der Waals surface area (Å²) in [5.74, 6) is 0.702. The molecule has 1 aromatic rings. The number of sulfonamides is 1. The molecule has 22 heavy (non-hydrogen) atoms. The van der Waals surface area contributed by atoms with Crippen molar-refractivity contribution in [2.75, 3.05) is 36.8 Å². The van der Waals surface area contributed by atoms with Crippen molar-refractivity contribution in [2.24, 2.45) is 5.92 Å². The van der Waals surface area contributed by atoms with Gasteiger partial charge in [-0.05, 0) is 37.0 Å². The van der Waals surface area contributed by atoms with Crippen LogP contribution in [0.3, 0.4) is 0 Å². The van der Waals surface area contributed by atoms with Crippen LogP contribution in [-0.2, 0) is 10.0 Å². The Kier molecular flexibility index (Phi) is 5.34. The van der Waals surface area contributed by atoms with Crippen LogP contribution in [0.1, 0.15) is 33.6 Å². The van der Waals surface area contributed by atoms with E-state index in [0.29, 0.717) is 29.6 Å². The molecule has 2 N–H and O–H groups in total.